The van der Waals surface area contributed by atoms with E-state index in [4.69, 9.17) is 0 Å². The van der Waals surface area contributed by atoms with Crippen LogP contribution in [0.25, 0.3) is 0 Å². The summed E-state index contributed by atoms with van der Waals surface area (Å²) in [4.78, 5) is 0. The van der Waals surface area contributed by atoms with Crippen LogP contribution in [0.5, 0.6) is 0 Å². The predicted octanol–water partition coefficient (Wildman–Crippen LogP) is 13.2. The van der Waals surface area contributed by atoms with Gasteiger partial charge in [-0.2, -0.15) is 0 Å². The Morgan fingerprint density at radius 2 is 0.529 bits per heavy atom. The normalized spacial score (nSPS) is 12.6. The molecule has 0 spiro atoms. The third kappa shape index (κ3) is 30.0. The molecular formula is C34H70. The van der Waals surface area contributed by atoms with Gasteiger partial charge in [0, 0.05) is 0 Å². The van der Waals surface area contributed by atoms with Crippen LogP contribution in [0.15, 0.2) is 0 Å². The fourth-order valence-electron chi connectivity index (χ4n) is 5.47. The second-order valence-corrected chi connectivity index (χ2v) is 12.4. The van der Waals surface area contributed by atoms with E-state index >= 15 is 0 Å². The molecule has 0 amide bonds. The highest BCUT2D eigenvalue weighted by Gasteiger charge is 2.02. The fourth-order valence-corrected chi connectivity index (χ4v) is 5.47. The first-order valence-corrected chi connectivity index (χ1v) is 16.7. The molecule has 0 aromatic rings. The number of hydrogen-bond donors (Lipinski definition) is 0. The van der Waals surface area contributed by atoms with Gasteiger partial charge in [-0.3, -0.25) is 0 Å². The second kappa shape index (κ2) is 29.2. The minimum Gasteiger partial charge on any atom is -0.0654 e. The van der Waals surface area contributed by atoms with Gasteiger partial charge in [-0.15, -0.1) is 0 Å². The maximum absolute atomic E-state index is 2.49. The van der Waals surface area contributed by atoms with Crippen LogP contribution in [0.4, 0.5) is 0 Å². The van der Waals surface area contributed by atoms with Crippen LogP contribution in [-0.4, -0.2) is 0 Å². The summed E-state index contributed by atoms with van der Waals surface area (Å²) >= 11 is 0. The smallest absolute Gasteiger partial charge is 0.0443 e. The van der Waals surface area contributed by atoms with E-state index in [1.807, 2.05) is 0 Å². The van der Waals surface area contributed by atoms with Crippen molar-refractivity contribution in [2.75, 3.05) is 0 Å². The van der Waals surface area contributed by atoms with Gasteiger partial charge < -0.3 is 0 Å². The Labute approximate surface area is 219 Å². The summed E-state index contributed by atoms with van der Waals surface area (Å²) in [6.07, 6.45) is 41.3. The maximum Gasteiger partial charge on any atom is -0.0443 e. The summed E-state index contributed by atoms with van der Waals surface area (Å²) in [6.45, 7) is 9.50. The van der Waals surface area contributed by atoms with E-state index in [9.17, 15) is 0 Å². The van der Waals surface area contributed by atoms with Crippen molar-refractivity contribution in [3.63, 3.8) is 0 Å². The predicted molar refractivity (Wildman–Crippen MR) is 159 cm³/mol. The minimum absolute atomic E-state index is 0.893. The zero-order valence-electron chi connectivity index (χ0n) is 25.0. The first kappa shape index (κ1) is 34.0. The standard InChI is InChI=1S/C34H70/c1-5-6-7-8-9-10-11-12-13-14-15-16-17-18-19-20-21-22-25-28-31-34(4)32-29-26-23-24-27-30-33(2)3/h33-34H,5-32H2,1-4H3. The molecule has 0 heteroatoms. The Hall–Kier alpha value is 0. The number of hydrogen-bond acceptors (Lipinski definition) is 0. The highest BCUT2D eigenvalue weighted by atomic mass is 14.1. The maximum atomic E-state index is 2.49. The lowest BCUT2D eigenvalue weighted by Gasteiger charge is -2.11. The molecule has 0 saturated heterocycles. The van der Waals surface area contributed by atoms with Crippen molar-refractivity contribution >= 4 is 0 Å². The van der Waals surface area contributed by atoms with Crippen molar-refractivity contribution in [1.29, 1.82) is 0 Å². The zero-order chi connectivity index (χ0) is 25.0. The molecule has 1 unspecified atom stereocenters. The highest BCUT2D eigenvalue weighted by Crippen LogP contribution is 2.19. The lowest BCUT2D eigenvalue weighted by atomic mass is 9.95. The van der Waals surface area contributed by atoms with Gasteiger partial charge >= 0.3 is 0 Å². The summed E-state index contributed by atoms with van der Waals surface area (Å²) in [7, 11) is 0. The molecule has 0 radical (unpaired) electrons. The quantitative estimate of drug-likeness (QED) is 0.0937. The molecule has 0 aromatic heterocycles. The average Bonchev–Trinajstić information content (AvgIpc) is 2.82. The van der Waals surface area contributed by atoms with Crippen molar-refractivity contribution < 1.29 is 0 Å². The molecule has 0 nitrogen and oxygen atoms in total. The van der Waals surface area contributed by atoms with Gasteiger partial charge in [0.2, 0.25) is 0 Å². The molecule has 0 aliphatic rings. The van der Waals surface area contributed by atoms with Crippen LogP contribution in [0.3, 0.4) is 0 Å². The molecule has 0 heterocycles. The van der Waals surface area contributed by atoms with Crippen LogP contribution in [-0.2, 0) is 0 Å². The zero-order valence-corrected chi connectivity index (χ0v) is 25.0. The van der Waals surface area contributed by atoms with Gasteiger partial charge in [0.25, 0.3) is 0 Å². The molecule has 0 N–H and O–H groups in total. The van der Waals surface area contributed by atoms with E-state index < -0.39 is 0 Å². The summed E-state index contributed by atoms with van der Waals surface area (Å²) in [5, 5.41) is 0. The van der Waals surface area contributed by atoms with Gasteiger partial charge in [0.15, 0.2) is 0 Å². The van der Waals surface area contributed by atoms with Crippen LogP contribution in [0.2, 0.25) is 0 Å². The fraction of sp³-hybridized carbons (Fsp3) is 1.00. The molecule has 1 atom stereocenters. The van der Waals surface area contributed by atoms with Crippen molar-refractivity contribution in [2.24, 2.45) is 11.8 Å². The van der Waals surface area contributed by atoms with Gasteiger partial charge in [-0.05, 0) is 11.8 Å². The Bertz CT molecular complexity index is 344. The van der Waals surface area contributed by atoms with Gasteiger partial charge in [0.1, 0.15) is 0 Å². The van der Waals surface area contributed by atoms with Crippen LogP contribution >= 0.6 is 0 Å². The lowest BCUT2D eigenvalue weighted by Crippen LogP contribution is -1.95. The molecule has 0 rings (SSSR count). The molecule has 206 valence electrons. The van der Waals surface area contributed by atoms with Gasteiger partial charge in [0.05, 0.1) is 0 Å². The number of rotatable bonds is 29. The Kier molecular flexibility index (Phi) is 29.2. The van der Waals surface area contributed by atoms with E-state index in [0.717, 1.165) is 11.8 Å². The Morgan fingerprint density at radius 3 is 0.794 bits per heavy atom. The van der Waals surface area contributed by atoms with Gasteiger partial charge in [-0.1, -0.05) is 207 Å². The SMILES string of the molecule is CCCCCCCCCCCCCCCCCCCCCCC(C)CCCCCCCC(C)C. The summed E-state index contributed by atoms with van der Waals surface area (Å²) in [5.74, 6) is 1.86. The Morgan fingerprint density at radius 1 is 0.294 bits per heavy atom. The van der Waals surface area contributed by atoms with Crippen molar-refractivity contribution in [3.05, 3.63) is 0 Å². The van der Waals surface area contributed by atoms with E-state index in [0.29, 0.717) is 0 Å². The van der Waals surface area contributed by atoms with Crippen LogP contribution in [0.1, 0.15) is 207 Å². The second-order valence-electron chi connectivity index (χ2n) is 12.4. The van der Waals surface area contributed by atoms with E-state index in [2.05, 4.69) is 27.7 Å². The first-order valence-electron chi connectivity index (χ1n) is 16.7. The van der Waals surface area contributed by atoms with E-state index in [1.165, 1.54) is 180 Å². The Balaban J connectivity index is 3.11. The molecule has 0 aliphatic carbocycles. The number of unbranched alkanes of at least 4 members (excludes halogenated alkanes) is 23. The van der Waals surface area contributed by atoms with Crippen molar-refractivity contribution in [1.82, 2.24) is 0 Å². The summed E-state index contributed by atoms with van der Waals surface area (Å²) in [6, 6.07) is 0. The summed E-state index contributed by atoms with van der Waals surface area (Å²) < 4.78 is 0. The summed E-state index contributed by atoms with van der Waals surface area (Å²) in [5.41, 5.74) is 0. The largest absolute Gasteiger partial charge is 0.0654 e. The molecule has 0 fully saturated rings. The topological polar surface area (TPSA) is 0 Å². The van der Waals surface area contributed by atoms with Crippen LogP contribution in [0, 0.1) is 11.8 Å². The molecule has 0 aromatic carbocycles. The lowest BCUT2D eigenvalue weighted by molar-refractivity contribution is 0.428. The molecule has 0 bridgehead atoms. The molecule has 0 aliphatic heterocycles. The molecule has 34 heavy (non-hydrogen) atoms. The average molecular weight is 479 g/mol. The van der Waals surface area contributed by atoms with E-state index in [1.54, 1.807) is 0 Å². The third-order valence-corrected chi connectivity index (χ3v) is 8.03. The first-order chi connectivity index (χ1) is 16.7. The molecule has 0 saturated carbocycles. The third-order valence-electron chi connectivity index (χ3n) is 8.03. The van der Waals surface area contributed by atoms with Crippen molar-refractivity contribution in [2.45, 2.75) is 207 Å². The minimum atomic E-state index is 0.893. The monoisotopic (exact) mass is 479 g/mol. The van der Waals surface area contributed by atoms with Gasteiger partial charge in [-0.25, -0.2) is 0 Å². The van der Waals surface area contributed by atoms with E-state index in [-0.39, 0.29) is 0 Å². The molecular weight excluding hydrogens is 408 g/mol. The highest BCUT2D eigenvalue weighted by molar-refractivity contribution is 4.57. The van der Waals surface area contributed by atoms with Crippen LogP contribution < -0.4 is 0 Å². The van der Waals surface area contributed by atoms with Crippen molar-refractivity contribution in [3.8, 4) is 0 Å².